The number of benzene rings is 1. The first-order chi connectivity index (χ1) is 8.36. The van der Waals surface area contributed by atoms with Gasteiger partial charge in [0.2, 0.25) is 0 Å². The first-order valence-electron chi connectivity index (χ1n) is 6.42. The molecule has 2 rings (SSSR count). The third-order valence-corrected chi connectivity index (χ3v) is 3.25. The summed E-state index contributed by atoms with van der Waals surface area (Å²) >= 11 is 0. The highest BCUT2D eigenvalue weighted by atomic mass is 16.5. The number of hydrogen-bond donors (Lipinski definition) is 0. The van der Waals surface area contributed by atoms with E-state index in [2.05, 4.69) is 42.0 Å². The van der Waals surface area contributed by atoms with Gasteiger partial charge in [-0.05, 0) is 36.3 Å². The molecular weight excluding hydrogens is 210 g/mol. The molecule has 2 nitrogen and oxygen atoms in total. The van der Waals surface area contributed by atoms with Gasteiger partial charge in [-0.1, -0.05) is 25.1 Å². The maximum Gasteiger partial charge on any atom is 0.0512 e. The van der Waals surface area contributed by atoms with E-state index in [0.717, 1.165) is 26.0 Å². The van der Waals surface area contributed by atoms with Crippen LogP contribution in [0.1, 0.15) is 25.3 Å². The number of para-hydroxylation sites is 1. The van der Waals surface area contributed by atoms with Gasteiger partial charge < -0.3 is 9.30 Å². The molecule has 2 heteroatoms. The molecule has 1 aromatic heterocycles. The molecular formula is C15H21NO. The van der Waals surface area contributed by atoms with Crippen LogP contribution in [0, 0.1) is 0 Å². The molecule has 0 spiro atoms. The van der Waals surface area contributed by atoms with Crippen LogP contribution in [0.3, 0.4) is 0 Å². The van der Waals surface area contributed by atoms with E-state index in [-0.39, 0.29) is 0 Å². The van der Waals surface area contributed by atoms with Crippen molar-refractivity contribution in [3.05, 3.63) is 36.0 Å². The maximum absolute atomic E-state index is 5.08. The summed E-state index contributed by atoms with van der Waals surface area (Å²) in [5.41, 5.74) is 2.85. The van der Waals surface area contributed by atoms with Crippen molar-refractivity contribution in [2.24, 2.45) is 0 Å². The second kappa shape index (κ2) is 5.87. The minimum Gasteiger partial charge on any atom is -0.385 e. The summed E-state index contributed by atoms with van der Waals surface area (Å²) in [6.07, 6.45) is 5.61. The average molecular weight is 231 g/mol. The molecule has 0 fully saturated rings. The molecule has 0 amide bonds. The van der Waals surface area contributed by atoms with E-state index < -0.39 is 0 Å². The molecule has 0 saturated carbocycles. The smallest absolute Gasteiger partial charge is 0.0512 e. The predicted octanol–water partition coefficient (Wildman–Crippen LogP) is 3.63. The van der Waals surface area contributed by atoms with Crippen molar-refractivity contribution >= 4 is 10.9 Å². The van der Waals surface area contributed by atoms with Crippen LogP contribution in [-0.4, -0.2) is 18.3 Å². The molecule has 0 unspecified atom stereocenters. The molecule has 17 heavy (non-hydrogen) atoms. The van der Waals surface area contributed by atoms with E-state index >= 15 is 0 Å². The summed E-state index contributed by atoms with van der Waals surface area (Å²) in [5, 5.41) is 1.36. The van der Waals surface area contributed by atoms with Crippen molar-refractivity contribution in [3.63, 3.8) is 0 Å². The molecule has 0 saturated heterocycles. The molecule has 92 valence electrons. The fourth-order valence-electron chi connectivity index (χ4n) is 2.34. The largest absolute Gasteiger partial charge is 0.385 e. The van der Waals surface area contributed by atoms with Crippen LogP contribution in [0.2, 0.25) is 0 Å². The monoisotopic (exact) mass is 231 g/mol. The quantitative estimate of drug-likeness (QED) is 0.692. The average Bonchev–Trinajstić information content (AvgIpc) is 2.78. The first-order valence-corrected chi connectivity index (χ1v) is 6.42. The minimum absolute atomic E-state index is 0.861. The molecule has 1 aromatic carbocycles. The van der Waals surface area contributed by atoms with Gasteiger partial charge in [-0.25, -0.2) is 0 Å². The third kappa shape index (κ3) is 2.70. The Morgan fingerprint density at radius 3 is 2.82 bits per heavy atom. The van der Waals surface area contributed by atoms with Crippen molar-refractivity contribution in [3.8, 4) is 0 Å². The number of rotatable bonds is 6. The lowest BCUT2D eigenvalue weighted by molar-refractivity contribution is 0.191. The van der Waals surface area contributed by atoms with Crippen molar-refractivity contribution in [2.75, 3.05) is 13.7 Å². The van der Waals surface area contributed by atoms with Crippen LogP contribution in [0.25, 0.3) is 10.9 Å². The second-order valence-electron chi connectivity index (χ2n) is 4.42. The Labute approximate surface area is 103 Å². The molecule has 0 atom stereocenters. The summed E-state index contributed by atoms with van der Waals surface area (Å²) in [6.45, 7) is 4.17. The van der Waals surface area contributed by atoms with E-state index in [0.29, 0.717) is 0 Å². The second-order valence-corrected chi connectivity index (χ2v) is 4.42. The summed E-state index contributed by atoms with van der Waals surface area (Å²) in [7, 11) is 1.76. The maximum atomic E-state index is 5.08. The van der Waals surface area contributed by atoms with Crippen molar-refractivity contribution < 1.29 is 4.74 Å². The van der Waals surface area contributed by atoms with Gasteiger partial charge in [0.15, 0.2) is 0 Å². The van der Waals surface area contributed by atoms with E-state index in [9.17, 15) is 0 Å². The molecule has 1 heterocycles. The van der Waals surface area contributed by atoms with Gasteiger partial charge in [0.1, 0.15) is 0 Å². The third-order valence-electron chi connectivity index (χ3n) is 3.25. The van der Waals surface area contributed by atoms with E-state index in [1.165, 1.54) is 22.9 Å². The Hall–Kier alpha value is -1.28. The number of hydrogen-bond acceptors (Lipinski definition) is 1. The van der Waals surface area contributed by atoms with E-state index in [1.807, 2.05) is 0 Å². The van der Waals surface area contributed by atoms with Crippen molar-refractivity contribution in [1.82, 2.24) is 4.57 Å². The Bertz CT molecular complexity index is 473. The SMILES string of the molecule is CCc1cccc2ccn(CCCCOC)c12. The normalized spacial score (nSPS) is 11.2. The van der Waals surface area contributed by atoms with Gasteiger partial charge in [0, 0.05) is 26.5 Å². The first kappa shape index (κ1) is 12.2. The Morgan fingerprint density at radius 2 is 2.06 bits per heavy atom. The molecule has 0 radical (unpaired) electrons. The Morgan fingerprint density at radius 1 is 1.18 bits per heavy atom. The zero-order valence-electron chi connectivity index (χ0n) is 10.8. The van der Waals surface area contributed by atoms with Gasteiger partial charge in [-0.3, -0.25) is 0 Å². The van der Waals surface area contributed by atoms with Gasteiger partial charge in [-0.2, -0.15) is 0 Å². The van der Waals surface area contributed by atoms with Gasteiger partial charge in [-0.15, -0.1) is 0 Å². The Balaban J connectivity index is 2.16. The highest BCUT2D eigenvalue weighted by Crippen LogP contribution is 2.21. The molecule has 0 aliphatic carbocycles. The summed E-state index contributed by atoms with van der Waals surface area (Å²) < 4.78 is 7.46. The van der Waals surface area contributed by atoms with Crippen LogP contribution in [-0.2, 0) is 17.7 Å². The number of aromatic nitrogens is 1. The van der Waals surface area contributed by atoms with Gasteiger partial charge in [0.05, 0.1) is 5.52 Å². The van der Waals surface area contributed by atoms with Crippen LogP contribution >= 0.6 is 0 Å². The van der Waals surface area contributed by atoms with Crippen LogP contribution in [0.4, 0.5) is 0 Å². The number of nitrogens with zero attached hydrogens (tertiary/aromatic N) is 1. The molecule has 0 N–H and O–H groups in total. The van der Waals surface area contributed by atoms with E-state index in [4.69, 9.17) is 4.74 Å². The lowest BCUT2D eigenvalue weighted by Crippen LogP contribution is -2.00. The zero-order valence-corrected chi connectivity index (χ0v) is 10.8. The molecule has 0 bridgehead atoms. The minimum atomic E-state index is 0.861. The standard InChI is InChI=1S/C15H21NO/c1-3-13-7-6-8-14-9-11-16(15(13)14)10-4-5-12-17-2/h6-9,11H,3-5,10,12H2,1-2H3. The number of aryl methyl sites for hydroxylation is 2. The van der Waals surface area contributed by atoms with Crippen LogP contribution in [0.15, 0.2) is 30.5 Å². The summed E-state index contributed by atoms with van der Waals surface area (Å²) in [6, 6.07) is 8.79. The molecule has 2 aromatic rings. The highest BCUT2D eigenvalue weighted by molar-refractivity contribution is 5.83. The van der Waals surface area contributed by atoms with Gasteiger partial charge in [0.25, 0.3) is 0 Å². The van der Waals surface area contributed by atoms with Crippen LogP contribution in [0.5, 0.6) is 0 Å². The molecule has 0 aliphatic rings. The lowest BCUT2D eigenvalue weighted by Gasteiger charge is -2.08. The predicted molar refractivity (Wildman–Crippen MR) is 72.4 cm³/mol. The fraction of sp³-hybridized carbons (Fsp3) is 0.467. The number of fused-ring (bicyclic) bond motifs is 1. The van der Waals surface area contributed by atoms with Crippen molar-refractivity contribution in [1.29, 1.82) is 0 Å². The fourth-order valence-corrected chi connectivity index (χ4v) is 2.34. The van der Waals surface area contributed by atoms with Gasteiger partial charge >= 0.3 is 0 Å². The summed E-state index contributed by atoms with van der Waals surface area (Å²) in [4.78, 5) is 0. The number of methoxy groups -OCH3 is 1. The zero-order chi connectivity index (χ0) is 12.1. The number of unbranched alkanes of at least 4 members (excludes halogenated alkanes) is 1. The number of ether oxygens (including phenoxy) is 1. The van der Waals surface area contributed by atoms with E-state index in [1.54, 1.807) is 7.11 Å². The van der Waals surface area contributed by atoms with Crippen molar-refractivity contribution in [2.45, 2.75) is 32.7 Å². The van der Waals surface area contributed by atoms with Crippen LogP contribution < -0.4 is 0 Å². The lowest BCUT2D eigenvalue weighted by atomic mass is 10.1. The topological polar surface area (TPSA) is 14.2 Å². The Kier molecular flexibility index (Phi) is 4.21. The molecule has 0 aliphatic heterocycles. The highest BCUT2D eigenvalue weighted by Gasteiger charge is 2.04. The summed E-state index contributed by atoms with van der Waals surface area (Å²) in [5.74, 6) is 0.